The summed E-state index contributed by atoms with van der Waals surface area (Å²) in [6.07, 6.45) is 0. The summed E-state index contributed by atoms with van der Waals surface area (Å²) in [4.78, 5) is 0. The number of anilines is 1. The number of methoxy groups -OCH3 is 1. The highest BCUT2D eigenvalue weighted by Crippen LogP contribution is 2.17. The zero-order valence-corrected chi connectivity index (χ0v) is 12.6. The van der Waals surface area contributed by atoms with Gasteiger partial charge in [0.25, 0.3) is 0 Å². The van der Waals surface area contributed by atoms with Gasteiger partial charge >= 0.3 is 0 Å². The molecule has 0 unspecified atom stereocenters. The van der Waals surface area contributed by atoms with Gasteiger partial charge < -0.3 is 15.4 Å². The molecule has 0 bridgehead atoms. The van der Waals surface area contributed by atoms with Gasteiger partial charge in [-0.2, -0.15) is 0 Å². The van der Waals surface area contributed by atoms with E-state index < -0.39 is 0 Å². The summed E-state index contributed by atoms with van der Waals surface area (Å²) in [5.41, 5.74) is 1.90. The van der Waals surface area contributed by atoms with Gasteiger partial charge in [-0.15, -0.1) is 0 Å². The summed E-state index contributed by atoms with van der Waals surface area (Å²) in [5.74, 6) is 0.838. The fraction of sp³-hybridized carbons (Fsp3) is 0.133. The van der Waals surface area contributed by atoms with Crippen LogP contribution in [0.5, 0.6) is 5.75 Å². The van der Waals surface area contributed by atoms with E-state index in [0.717, 1.165) is 17.0 Å². The fourth-order valence-electron chi connectivity index (χ4n) is 1.77. The van der Waals surface area contributed by atoms with Crippen molar-refractivity contribution in [2.75, 3.05) is 12.4 Å². The van der Waals surface area contributed by atoms with Crippen LogP contribution in [0.1, 0.15) is 5.56 Å². The molecular formula is C15H15ClN2OS. The Morgan fingerprint density at radius 3 is 2.75 bits per heavy atom. The van der Waals surface area contributed by atoms with Crippen LogP contribution < -0.4 is 15.4 Å². The molecule has 0 saturated heterocycles. The first-order chi connectivity index (χ1) is 9.69. The Kier molecular flexibility index (Phi) is 5.21. The van der Waals surface area contributed by atoms with Crippen molar-refractivity contribution in [1.82, 2.24) is 5.32 Å². The van der Waals surface area contributed by atoms with Crippen LogP contribution in [0.2, 0.25) is 5.02 Å². The first kappa shape index (κ1) is 14.6. The zero-order valence-electron chi connectivity index (χ0n) is 11.0. The summed E-state index contributed by atoms with van der Waals surface area (Å²) >= 11 is 11.2. The predicted octanol–water partition coefficient (Wildman–Crippen LogP) is 3.84. The fourth-order valence-corrected chi connectivity index (χ4v) is 2.15. The van der Waals surface area contributed by atoms with E-state index >= 15 is 0 Å². The molecule has 0 saturated carbocycles. The van der Waals surface area contributed by atoms with Gasteiger partial charge in [-0.1, -0.05) is 35.9 Å². The van der Waals surface area contributed by atoms with E-state index in [1.54, 1.807) is 7.11 Å². The van der Waals surface area contributed by atoms with Gasteiger partial charge in [0.15, 0.2) is 5.11 Å². The Hall–Kier alpha value is -1.78. The molecule has 0 aliphatic rings. The molecule has 0 atom stereocenters. The molecule has 0 heterocycles. The number of thiocarbonyl (C=S) groups is 1. The van der Waals surface area contributed by atoms with E-state index in [9.17, 15) is 0 Å². The van der Waals surface area contributed by atoms with Crippen molar-refractivity contribution in [2.45, 2.75) is 6.54 Å². The first-order valence-corrected chi connectivity index (χ1v) is 6.90. The highest BCUT2D eigenvalue weighted by atomic mass is 35.5. The number of rotatable bonds is 4. The van der Waals surface area contributed by atoms with E-state index in [-0.39, 0.29) is 0 Å². The molecule has 2 aromatic rings. The number of ether oxygens (including phenoxy) is 1. The third kappa shape index (κ3) is 4.11. The quantitative estimate of drug-likeness (QED) is 0.841. The van der Waals surface area contributed by atoms with Crippen molar-refractivity contribution in [3.8, 4) is 5.75 Å². The minimum absolute atomic E-state index is 0.540. The van der Waals surface area contributed by atoms with E-state index in [4.69, 9.17) is 28.6 Å². The number of hydrogen-bond acceptors (Lipinski definition) is 2. The molecule has 2 rings (SSSR count). The molecule has 3 nitrogen and oxygen atoms in total. The minimum atomic E-state index is 0.540. The Morgan fingerprint density at radius 1 is 1.20 bits per heavy atom. The largest absolute Gasteiger partial charge is 0.496 e. The molecule has 0 aromatic heterocycles. The van der Waals surface area contributed by atoms with Crippen molar-refractivity contribution in [1.29, 1.82) is 0 Å². The van der Waals surface area contributed by atoms with Crippen molar-refractivity contribution in [3.63, 3.8) is 0 Å². The lowest BCUT2D eigenvalue weighted by molar-refractivity contribution is 0.409. The van der Waals surface area contributed by atoms with Crippen LogP contribution in [0, 0.1) is 0 Å². The van der Waals surface area contributed by atoms with E-state index in [1.807, 2.05) is 48.5 Å². The third-order valence-electron chi connectivity index (χ3n) is 2.71. The standard InChI is InChI=1S/C15H15ClN2OS/c1-19-14-8-3-2-5-11(14)10-17-15(20)18-13-7-4-6-12(16)9-13/h2-9H,10H2,1H3,(H2,17,18,20). The molecule has 0 aliphatic carbocycles. The van der Waals surface area contributed by atoms with Crippen molar-refractivity contribution < 1.29 is 4.74 Å². The lowest BCUT2D eigenvalue weighted by Crippen LogP contribution is -2.28. The summed E-state index contributed by atoms with van der Waals surface area (Å²) < 4.78 is 5.29. The van der Waals surface area contributed by atoms with Gasteiger partial charge in [0.05, 0.1) is 7.11 Å². The monoisotopic (exact) mass is 306 g/mol. The number of benzene rings is 2. The van der Waals surface area contributed by atoms with Crippen LogP contribution in [0.3, 0.4) is 0 Å². The molecule has 0 amide bonds. The van der Waals surface area contributed by atoms with Crippen molar-refractivity contribution in [3.05, 3.63) is 59.1 Å². The Bertz CT molecular complexity index is 604. The van der Waals surface area contributed by atoms with Crippen molar-refractivity contribution >= 4 is 34.6 Å². The molecular weight excluding hydrogens is 292 g/mol. The number of hydrogen-bond donors (Lipinski definition) is 2. The topological polar surface area (TPSA) is 33.3 Å². The second-order valence-corrected chi connectivity index (χ2v) is 4.97. The maximum absolute atomic E-state index is 5.92. The molecule has 0 spiro atoms. The lowest BCUT2D eigenvalue weighted by atomic mass is 10.2. The summed E-state index contributed by atoms with van der Waals surface area (Å²) in [5, 5.41) is 7.43. The minimum Gasteiger partial charge on any atom is -0.496 e. The Morgan fingerprint density at radius 2 is 2.00 bits per heavy atom. The number of halogens is 1. The molecule has 5 heteroatoms. The Balaban J connectivity index is 1.92. The highest BCUT2D eigenvalue weighted by molar-refractivity contribution is 7.80. The van der Waals surface area contributed by atoms with Gasteiger partial charge in [-0.25, -0.2) is 0 Å². The van der Waals surface area contributed by atoms with Crippen molar-refractivity contribution in [2.24, 2.45) is 0 Å². The molecule has 0 radical (unpaired) electrons. The van der Waals surface area contributed by atoms with Gasteiger partial charge in [-0.05, 0) is 36.5 Å². The van der Waals surface area contributed by atoms with E-state index in [0.29, 0.717) is 16.7 Å². The second kappa shape index (κ2) is 7.12. The van der Waals surface area contributed by atoms with Crippen LogP contribution in [-0.4, -0.2) is 12.2 Å². The van der Waals surface area contributed by atoms with Crippen LogP contribution >= 0.6 is 23.8 Å². The maximum atomic E-state index is 5.92. The number of nitrogens with one attached hydrogen (secondary N) is 2. The van der Waals surface area contributed by atoms with Crippen LogP contribution in [0.25, 0.3) is 0 Å². The smallest absolute Gasteiger partial charge is 0.171 e. The molecule has 0 fully saturated rings. The average molecular weight is 307 g/mol. The summed E-state index contributed by atoms with van der Waals surface area (Å²) in [6, 6.07) is 15.2. The average Bonchev–Trinajstić information content (AvgIpc) is 2.45. The number of para-hydroxylation sites is 1. The van der Waals surface area contributed by atoms with Gasteiger partial charge in [-0.3, -0.25) is 0 Å². The first-order valence-electron chi connectivity index (χ1n) is 6.11. The third-order valence-corrected chi connectivity index (χ3v) is 3.20. The summed E-state index contributed by atoms with van der Waals surface area (Å²) in [7, 11) is 1.65. The SMILES string of the molecule is COc1ccccc1CNC(=S)Nc1cccc(Cl)c1. The molecule has 104 valence electrons. The highest BCUT2D eigenvalue weighted by Gasteiger charge is 2.03. The second-order valence-electron chi connectivity index (χ2n) is 4.13. The van der Waals surface area contributed by atoms with Crippen LogP contribution in [-0.2, 0) is 6.54 Å². The summed E-state index contributed by atoms with van der Waals surface area (Å²) in [6.45, 7) is 0.594. The predicted molar refractivity (Wildman–Crippen MR) is 87.5 cm³/mol. The molecule has 20 heavy (non-hydrogen) atoms. The lowest BCUT2D eigenvalue weighted by Gasteiger charge is -2.12. The molecule has 2 aromatic carbocycles. The Labute approximate surface area is 128 Å². The van der Waals surface area contributed by atoms with Crippen LogP contribution in [0.4, 0.5) is 5.69 Å². The molecule has 0 aliphatic heterocycles. The van der Waals surface area contributed by atoms with E-state index in [1.165, 1.54) is 0 Å². The molecule has 2 N–H and O–H groups in total. The van der Waals surface area contributed by atoms with Gasteiger partial charge in [0.1, 0.15) is 5.75 Å². The van der Waals surface area contributed by atoms with Gasteiger partial charge in [0.2, 0.25) is 0 Å². The van der Waals surface area contributed by atoms with Gasteiger partial charge in [0, 0.05) is 22.8 Å². The zero-order chi connectivity index (χ0) is 14.4. The van der Waals surface area contributed by atoms with Crippen LogP contribution in [0.15, 0.2) is 48.5 Å². The van der Waals surface area contributed by atoms with E-state index in [2.05, 4.69) is 10.6 Å². The maximum Gasteiger partial charge on any atom is 0.171 e. The normalized spacial score (nSPS) is 9.90.